The number of amides is 1. The molecule has 1 aromatic heterocycles. The molecule has 0 radical (unpaired) electrons. The molecule has 1 fully saturated rings. The maximum absolute atomic E-state index is 13.6. The number of Topliss-reactive ketones (excluding diaryl/α,β-unsaturated/α-hetero) is 1. The molecule has 0 saturated carbocycles. The quantitative estimate of drug-likeness (QED) is 0.216. The molecule has 0 aliphatic carbocycles. The number of piperazine rings is 1. The minimum atomic E-state index is -4.04. The van der Waals surface area contributed by atoms with Gasteiger partial charge in [0.1, 0.15) is 11.6 Å². The summed E-state index contributed by atoms with van der Waals surface area (Å²) in [4.78, 5) is 36.2. The van der Waals surface area contributed by atoms with Crippen LogP contribution in [-0.2, 0) is 34.4 Å². The van der Waals surface area contributed by atoms with Crippen LogP contribution in [0.5, 0.6) is 0 Å². The maximum Gasteiger partial charge on any atom is 0.304 e. The average Bonchev–Trinajstić information content (AvgIpc) is 3.06. The molecule has 1 saturated heterocycles. The topological polar surface area (TPSA) is 103 Å². The predicted molar refractivity (Wildman–Crippen MR) is 187 cm³/mol. The zero-order chi connectivity index (χ0) is 33.4. The summed E-state index contributed by atoms with van der Waals surface area (Å²) in [5, 5.41) is 0. The van der Waals surface area contributed by atoms with Crippen LogP contribution in [0.25, 0.3) is 11.3 Å². The number of carbonyl (C=O) groups is 2. The van der Waals surface area contributed by atoms with Gasteiger partial charge in [0.15, 0.2) is 0 Å². The third kappa shape index (κ3) is 9.12. The molecule has 2 heterocycles. The molecule has 0 bridgehead atoms. The minimum Gasteiger partial charge on any atom is -0.352 e. The normalized spacial score (nSPS) is 14.1. The van der Waals surface area contributed by atoms with E-state index in [0.29, 0.717) is 56.2 Å². The Morgan fingerprint density at radius 1 is 0.830 bits per heavy atom. The summed E-state index contributed by atoms with van der Waals surface area (Å²) in [5.41, 5.74) is 5.17. The number of nitrogens with one attached hydrogen (secondary N) is 1. The summed E-state index contributed by atoms with van der Waals surface area (Å²) in [6, 6.07) is 28.8. The number of nitrogens with zero attached hydrogens (tertiary/aromatic N) is 4. The van der Waals surface area contributed by atoms with Crippen LogP contribution in [0.1, 0.15) is 46.0 Å². The lowest BCUT2D eigenvalue weighted by Crippen LogP contribution is -2.52. The summed E-state index contributed by atoms with van der Waals surface area (Å²) in [6.07, 6.45) is 1.37. The van der Waals surface area contributed by atoms with Crippen molar-refractivity contribution in [2.75, 3.05) is 44.7 Å². The van der Waals surface area contributed by atoms with Gasteiger partial charge in [-0.3, -0.25) is 9.59 Å². The molecule has 1 amide bonds. The van der Waals surface area contributed by atoms with Gasteiger partial charge in [-0.15, -0.1) is 0 Å². The Balaban J connectivity index is 1.49. The van der Waals surface area contributed by atoms with E-state index in [9.17, 15) is 18.0 Å². The number of hydrogen-bond donors (Lipinski definition) is 1. The number of anilines is 1. The zero-order valence-electron chi connectivity index (χ0n) is 27.4. The molecule has 1 aliphatic rings. The van der Waals surface area contributed by atoms with Gasteiger partial charge in [0.05, 0.1) is 5.69 Å². The number of hydrogen-bond acceptors (Lipinski definition) is 7. The molecule has 246 valence electrons. The second kappa shape index (κ2) is 15.5. The van der Waals surface area contributed by atoms with Crippen LogP contribution < -0.4 is 9.62 Å². The highest BCUT2D eigenvalue weighted by molar-refractivity contribution is 7.87. The highest BCUT2D eigenvalue weighted by Gasteiger charge is 2.29. The molecule has 5 rings (SSSR count). The van der Waals surface area contributed by atoms with Crippen molar-refractivity contribution in [1.82, 2.24) is 18.9 Å². The van der Waals surface area contributed by atoms with Gasteiger partial charge in [0.2, 0.25) is 0 Å². The van der Waals surface area contributed by atoms with Gasteiger partial charge in [-0.1, -0.05) is 85.3 Å². The lowest BCUT2D eigenvalue weighted by Gasteiger charge is -2.31. The van der Waals surface area contributed by atoms with E-state index in [1.807, 2.05) is 73.5 Å². The molecule has 3 aromatic carbocycles. The number of aromatic nitrogens is 1. The van der Waals surface area contributed by atoms with Crippen molar-refractivity contribution in [1.29, 1.82) is 0 Å². The minimum absolute atomic E-state index is 0.0614. The van der Waals surface area contributed by atoms with E-state index < -0.39 is 16.1 Å². The fraction of sp³-hybridized carbons (Fsp3) is 0.324. The number of carbonyl (C=O) groups excluding carboxylic acids is 2. The largest absolute Gasteiger partial charge is 0.352 e. The molecular weight excluding hydrogens is 611 g/mol. The first-order valence-electron chi connectivity index (χ1n) is 16.1. The highest BCUT2D eigenvalue weighted by Crippen LogP contribution is 2.28. The summed E-state index contributed by atoms with van der Waals surface area (Å²) in [7, 11) is -2.10. The van der Waals surface area contributed by atoms with Crippen molar-refractivity contribution in [3.05, 3.63) is 119 Å². The first kappa shape index (κ1) is 34.0. The summed E-state index contributed by atoms with van der Waals surface area (Å²) in [5.74, 6) is 0.0244. The first-order chi connectivity index (χ1) is 22.6. The Morgan fingerprint density at radius 3 is 2.19 bits per heavy atom. The predicted octanol–water partition coefficient (Wildman–Crippen LogP) is 5.05. The molecule has 0 atom stereocenters. The highest BCUT2D eigenvalue weighted by atomic mass is 32.2. The van der Waals surface area contributed by atoms with E-state index in [1.165, 1.54) is 4.31 Å². The third-order valence-corrected chi connectivity index (χ3v) is 9.79. The molecule has 0 spiro atoms. The molecule has 9 nitrogen and oxygen atoms in total. The fourth-order valence-electron chi connectivity index (χ4n) is 5.71. The van der Waals surface area contributed by atoms with Crippen molar-refractivity contribution in [2.24, 2.45) is 0 Å². The summed E-state index contributed by atoms with van der Waals surface area (Å²) < 4.78 is 29.9. The number of benzene rings is 3. The van der Waals surface area contributed by atoms with Gasteiger partial charge < -0.3 is 9.80 Å². The molecule has 0 unspecified atom stereocenters. The molecule has 4 aromatic rings. The first-order valence-corrected chi connectivity index (χ1v) is 17.5. The van der Waals surface area contributed by atoms with E-state index in [2.05, 4.69) is 28.7 Å². The Labute approximate surface area is 278 Å². The van der Waals surface area contributed by atoms with E-state index >= 15 is 0 Å². The number of aryl methyl sites for hydroxylation is 1. The standard InChI is InChI=1S/C37H43N5O4S/c1-4-18-41(27-30-10-6-5-7-11-30)36-26-31(24-32(43)23-29-16-14-28(2)15-17-29)25-35(38-36)33-12-8-9-13-34(33)37(44)39-47(45,46)42-21-19-40(3)20-22-42/h5-17,25-26H,4,18-24,27H2,1-3H3,(H,39,44). The lowest BCUT2D eigenvalue weighted by atomic mass is 9.98. The van der Waals surface area contributed by atoms with Gasteiger partial charge in [-0.2, -0.15) is 12.7 Å². The maximum atomic E-state index is 13.6. The summed E-state index contributed by atoms with van der Waals surface area (Å²) in [6.45, 7) is 7.26. The third-order valence-electron chi connectivity index (χ3n) is 8.30. The second-order valence-corrected chi connectivity index (χ2v) is 13.9. The fourth-order valence-corrected chi connectivity index (χ4v) is 6.83. The molecule has 10 heteroatoms. The van der Waals surface area contributed by atoms with Crippen LogP contribution in [0.15, 0.2) is 91.0 Å². The van der Waals surface area contributed by atoms with E-state index in [1.54, 1.807) is 24.3 Å². The smallest absolute Gasteiger partial charge is 0.304 e. The van der Waals surface area contributed by atoms with Gasteiger partial charge in [0, 0.05) is 63.2 Å². The van der Waals surface area contributed by atoms with Crippen molar-refractivity contribution in [3.8, 4) is 11.3 Å². The van der Waals surface area contributed by atoms with Gasteiger partial charge in [-0.25, -0.2) is 9.71 Å². The van der Waals surface area contributed by atoms with Crippen molar-refractivity contribution < 1.29 is 18.0 Å². The Kier molecular flexibility index (Phi) is 11.2. The average molecular weight is 654 g/mol. The SMILES string of the molecule is CCCN(Cc1ccccc1)c1cc(CC(=O)Cc2ccc(C)cc2)cc(-c2ccccc2C(=O)NS(=O)(=O)N2CCN(C)CC2)n1. The lowest BCUT2D eigenvalue weighted by molar-refractivity contribution is -0.117. The van der Waals surface area contributed by atoms with Crippen LogP contribution in [-0.4, -0.2) is 74.1 Å². The van der Waals surface area contributed by atoms with Crippen LogP contribution in [0.3, 0.4) is 0 Å². The van der Waals surface area contributed by atoms with Crippen LogP contribution in [0.4, 0.5) is 5.82 Å². The van der Waals surface area contributed by atoms with Crippen molar-refractivity contribution in [3.63, 3.8) is 0 Å². The van der Waals surface area contributed by atoms with Crippen LogP contribution >= 0.6 is 0 Å². The second-order valence-electron chi connectivity index (χ2n) is 12.2. The van der Waals surface area contributed by atoms with Crippen LogP contribution in [0, 0.1) is 6.92 Å². The Morgan fingerprint density at radius 2 is 1.49 bits per heavy atom. The van der Waals surface area contributed by atoms with E-state index in [4.69, 9.17) is 4.98 Å². The van der Waals surface area contributed by atoms with Gasteiger partial charge in [-0.05, 0) is 55.3 Å². The van der Waals surface area contributed by atoms with Crippen molar-refractivity contribution >= 4 is 27.7 Å². The van der Waals surface area contributed by atoms with Crippen molar-refractivity contribution in [2.45, 2.75) is 39.7 Å². The monoisotopic (exact) mass is 653 g/mol. The molecule has 1 N–H and O–H groups in total. The number of pyridine rings is 1. The van der Waals surface area contributed by atoms with Crippen LogP contribution in [0.2, 0.25) is 0 Å². The van der Waals surface area contributed by atoms with Gasteiger partial charge in [0.25, 0.3) is 5.91 Å². The number of rotatable bonds is 13. The summed E-state index contributed by atoms with van der Waals surface area (Å²) >= 11 is 0. The van der Waals surface area contributed by atoms with E-state index in [-0.39, 0.29) is 17.8 Å². The Hall–Kier alpha value is -4.38. The Bertz CT molecular complexity index is 1790. The van der Waals surface area contributed by atoms with E-state index in [0.717, 1.165) is 35.2 Å². The number of likely N-dealkylation sites (N-methyl/N-ethyl adjacent to an activating group) is 1. The zero-order valence-corrected chi connectivity index (χ0v) is 28.2. The molecular formula is C37H43N5O4S. The molecule has 47 heavy (non-hydrogen) atoms. The molecule has 1 aliphatic heterocycles. The number of ketones is 1. The van der Waals surface area contributed by atoms with Gasteiger partial charge >= 0.3 is 10.2 Å².